The molecule has 1 amide bonds. The Morgan fingerprint density at radius 2 is 1.64 bits per heavy atom. The predicted molar refractivity (Wildman–Crippen MR) is 114 cm³/mol. The molecule has 3 nitrogen and oxygen atoms in total. The zero-order valence-electron chi connectivity index (χ0n) is 15.4. The Morgan fingerprint density at radius 3 is 2.36 bits per heavy atom. The van der Waals surface area contributed by atoms with Crippen molar-refractivity contribution in [2.24, 2.45) is 0 Å². The van der Waals surface area contributed by atoms with Crippen LogP contribution in [0.4, 0.5) is 5.69 Å². The first-order chi connectivity index (χ1) is 13.6. The van der Waals surface area contributed by atoms with Crippen molar-refractivity contribution < 1.29 is 4.79 Å². The summed E-state index contributed by atoms with van der Waals surface area (Å²) in [6.07, 6.45) is 2.24. The summed E-state index contributed by atoms with van der Waals surface area (Å²) in [5.41, 5.74) is 4.49. The fraction of sp³-hybridized carbons (Fsp3) is 0.0833. The molecule has 3 aromatic carbocycles. The molecular weight excluding hydrogens is 368 g/mol. The fourth-order valence-corrected chi connectivity index (χ4v) is 3.09. The molecule has 0 unspecified atom stereocenters. The zero-order valence-corrected chi connectivity index (χ0v) is 16.2. The topological polar surface area (TPSA) is 52.9 Å². The van der Waals surface area contributed by atoms with Crippen LogP contribution in [0.25, 0.3) is 6.08 Å². The number of amides is 1. The summed E-state index contributed by atoms with van der Waals surface area (Å²) >= 11 is 6.28. The summed E-state index contributed by atoms with van der Waals surface area (Å²) in [5.74, 6) is -0.427. The molecule has 0 aliphatic rings. The maximum atomic E-state index is 12.6. The molecule has 0 fully saturated rings. The van der Waals surface area contributed by atoms with E-state index in [-0.39, 0.29) is 5.57 Å². The summed E-state index contributed by atoms with van der Waals surface area (Å²) in [5, 5.41) is 13.0. The molecule has 4 heteroatoms. The van der Waals surface area contributed by atoms with Gasteiger partial charge in [-0.05, 0) is 53.8 Å². The van der Waals surface area contributed by atoms with E-state index in [2.05, 4.69) is 5.32 Å². The van der Waals surface area contributed by atoms with Crippen molar-refractivity contribution in [3.63, 3.8) is 0 Å². The number of para-hydroxylation sites is 1. The molecule has 0 heterocycles. The number of carbonyl (C=O) groups excluding carboxylic acids is 1. The second-order valence-corrected chi connectivity index (χ2v) is 6.81. The van der Waals surface area contributed by atoms with Crippen LogP contribution in [0.1, 0.15) is 22.3 Å². The van der Waals surface area contributed by atoms with Crippen molar-refractivity contribution in [3.8, 4) is 6.07 Å². The number of benzene rings is 3. The van der Waals surface area contributed by atoms with Crippen molar-refractivity contribution in [3.05, 3.63) is 106 Å². The van der Waals surface area contributed by atoms with E-state index in [0.717, 1.165) is 22.3 Å². The number of hydrogen-bond acceptors (Lipinski definition) is 2. The number of hydrogen-bond donors (Lipinski definition) is 1. The third kappa shape index (κ3) is 4.68. The van der Waals surface area contributed by atoms with E-state index in [9.17, 15) is 10.1 Å². The summed E-state index contributed by atoms with van der Waals surface area (Å²) < 4.78 is 0. The quantitative estimate of drug-likeness (QED) is 0.446. The van der Waals surface area contributed by atoms with Gasteiger partial charge in [0.15, 0.2) is 0 Å². The first-order valence-electron chi connectivity index (χ1n) is 8.88. The van der Waals surface area contributed by atoms with Crippen LogP contribution in [0.3, 0.4) is 0 Å². The van der Waals surface area contributed by atoms with E-state index >= 15 is 0 Å². The minimum absolute atomic E-state index is 0.0508. The molecule has 0 aromatic heterocycles. The summed E-state index contributed by atoms with van der Waals surface area (Å²) in [4.78, 5) is 12.6. The third-order valence-corrected chi connectivity index (χ3v) is 4.82. The van der Waals surface area contributed by atoms with Gasteiger partial charge in [0, 0.05) is 10.7 Å². The number of anilines is 1. The van der Waals surface area contributed by atoms with Crippen molar-refractivity contribution >= 4 is 29.3 Å². The summed E-state index contributed by atoms with van der Waals surface area (Å²) in [6.45, 7) is 1.91. The van der Waals surface area contributed by atoms with E-state index in [1.165, 1.54) is 0 Å². The number of nitrogens with one attached hydrogen (secondary N) is 1. The number of rotatable bonds is 5. The van der Waals surface area contributed by atoms with Crippen LogP contribution < -0.4 is 5.32 Å². The lowest BCUT2D eigenvalue weighted by Gasteiger charge is -2.10. The van der Waals surface area contributed by atoms with Crippen LogP contribution in [0.15, 0.2) is 78.4 Å². The van der Waals surface area contributed by atoms with Gasteiger partial charge in [0.2, 0.25) is 0 Å². The molecule has 0 radical (unpaired) electrons. The SMILES string of the molecule is Cc1ccccc1NC(=O)/C(C#N)=C/c1ccccc1Cc1ccccc1Cl. The highest BCUT2D eigenvalue weighted by atomic mass is 35.5. The van der Waals surface area contributed by atoms with Crippen LogP contribution in [0.5, 0.6) is 0 Å². The highest BCUT2D eigenvalue weighted by Crippen LogP contribution is 2.23. The maximum absolute atomic E-state index is 12.6. The molecule has 3 rings (SSSR count). The summed E-state index contributed by atoms with van der Waals surface area (Å²) in [6, 6.07) is 24.8. The normalized spacial score (nSPS) is 11.0. The maximum Gasteiger partial charge on any atom is 0.266 e. The van der Waals surface area contributed by atoms with Gasteiger partial charge in [0.05, 0.1) is 0 Å². The molecule has 0 aliphatic carbocycles. The van der Waals surface area contributed by atoms with Gasteiger partial charge in [-0.1, -0.05) is 72.3 Å². The predicted octanol–water partition coefficient (Wildman–Crippen LogP) is 5.78. The third-order valence-electron chi connectivity index (χ3n) is 4.45. The lowest BCUT2D eigenvalue weighted by atomic mass is 9.98. The Hall–Kier alpha value is -3.35. The van der Waals surface area contributed by atoms with Crippen LogP contribution in [0, 0.1) is 18.3 Å². The largest absolute Gasteiger partial charge is 0.321 e. The van der Waals surface area contributed by atoms with Crippen LogP contribution in [-0.2, 0) is 11.2 Å². The van der Waals surface area contributed by atoms with Gasteiger partial charge < -0.3 is 5.32 Å². The molecule has 0 spiro atoms. The van der Waals surface area contributed by atoms with E-state index in [0.29, 0.717) is 17.1 Å². The first kappa shape index (κ1) is 19.4. The van der Waals surface area contributed by atoms with Gasteiger partial charge in [-0.15, -0.1) is 0 Å². The Balaban J connectivity index is 1.89. The van der Waals surface area contributed by atoms with E-state index in [4.69, 9.17) is 11.6 Å². The molecule has 0 bridgehead atoms. The Labute approximate surface area is 169 Å². The van der Waals surface area contributed by atoms with Crippen molar-refractivity contribution in [1.82, 2.24) is 0 Å². The number of nitrogens with zero attached hydrogens (tertiary/aromatic N) is 1. The Kier molecular flexibility index (Phi) is 6.26. The molecule has 3 aromatic rings. The van der Waals surface area contributed by atoms with Crippen LogP contribution >= 0.6 is 11.6 Å². The minimum Gasteiger partial charge on any atom is -0.321 e. The van der Waals surface area contributed by atoms with Gasteiger partial charge in [-0.25, -0.2) is 0 Å². The van der Waals surface area contributed by atoms with E-state index in [1.807, 2.05) is 85.8 Å². The lowest BCUT2D eigenvalue weighted by Crippen LogP contribution is -2.14. The number of nitriles is 1. The fourth-order valence-electron chi connectivity index (χ4n) is 2.89. The van der Waals surface area contributed by atoms with Crippen molar-refractivity contribution in [1.29, 1.82) is 5.26 Å². The molecular formula is C24H19ClN2O. The van der Waals surface area contributed by atoms with Crippen molar-refractivity contribution in [2.45, 2.75) is 13.3 Å². The molecule has 0 saturated carbocycles. The van der Waals surface area contributed by atoms with Gasteiger partial charge in [0.25, 0.3) is 5.91 Å². The molecule has 0 atom stereocenters. The minimum atomic E-state index is -0.427. The number of carbonyl (C=O) groups is 1. The number of aryl methyl sites for hydroxylation is 1. The average molecular weight is 387 g/mol. The van der Waals surface area contributed by atoms with Gasteiger partial charge >= 0.3 is 0 Å². The van der Waals surface area contributed by atoms with Crippen molar-refractivity contribution in [2.75, 3.05) is 5.32 Å². The first-order valence-corrected chi connectivity index (χ1v) is 9.26. The highest BCUT2D eigenvalue weighted by molar-refractivity contribution is 6.31. The Morgan fingerprint density at radius 1 is 1.00 bits per heavy atom. The molecule has 0 aliphatic heterocycles. The average Bonchev–Trinajstić information content (AvgIpc) is 2.70. The van der Waals surface area contributed by atoms with Gasteiger partial charge in [-0.2, -0.15) is 5.26 Å². The molecule has 0 saturated heterocycles. The number of halogens is 1. The van der Waals surface area contributed by atoms with Gasteiger partial charge in [0.1, 0.15) is 11.6 Å². The Bertz CT molecular complexity index is 1080. The smallest absolute Gasteiger partial charge is 0.266 e. The standard InChI is InChI=1S/C24H19ClN2O/c1-17-8-2-7-13-23(17)27-24(28)21(16-26)15-19-10-4-3-9-18(19)14-20-11-5-6-12-22(20)25/h2-13,15H,14H2,1H3,(H,27,28)/b21-15+. The van der Waals surface area contributed by atoms with E-state index in [1.54, 1.807) is 6.08 Å². The second-order valence-electron chi connectivity index (χ2n) is 6.41. The second kappa shape index (κ2) is 9.03. The summed E-state index contributed by atoms with van der Waals surface area (Å²) in [7, 11) is 0. The zero-order chi connectivity index (χ0) is 19.9. The molecule has 138 valence electrons. The van der Waals surface area contributed by atoms with Gasteiger partial charge in [-0.3, -0.25) is 4.79 Å². The van der Waals surface area contributed by atoms with E-state index < -0.39 is 5.91 Å². The molecule has 28 heavy (non-hydrogen) atoms. The van der Waals surface area contributed by atoms with Crippen LogP contribution in [0.2, 0.25) is 5.02 Å². The monoisotopic (exact) mass is 386 g/mol. The molecule has 1 N–H and O–H groups in total. The van der Waals surface area contributed by atoms with Crippen LogP contribution in [-0.4, -0.2) is 5.91 Å². The lowest BCUT2D eigenvalue weighted by molar-refractivity contribution is -0.112. The highest BCUT2D eigenvalue weighted by Gasteiger charge is 2.12.